The quantitative estimate of drug-likeness (QED) is 0.860. The average Bonchev–Trinajstić information content (AvgIpc) is 2.44. The molecule has 0 unspecified atom stereocenters. The molecule has 0 saturated heterocycles. The molecule has 9 heteroatoms. The zero-order valence-corrected chi connectivity index (χ0v) is 12.3. The van der Waals surface area contributed by atoms with Gasteiger partial charge in [0.05, 0.1) is 5.56 Å². The van der Waals surface area contributed by atoms with E-state index >= 15 is 0 Å². The van der Waals surface area contributed by atoms with Crippen LogP contribution in [0.1, 0.15) is 25.0 Å². The molecule has 5 nitrogen and oxygen atoms in total. The minimum Gasteiger partial charge on any atom is -0.490 e. The largest absolute Gasteiger partial charge is 0.490 e. The number of hydrogen-bond acceptors (Lipinski definition) is 4. The molecule has 1 aliphatic heterocycles. The van der Waals surface area contributed by atoms with Crippen LogP contribution < -0.4 is 10.2 Å². The second-order valence-corrected chi connectivity index (χ2v) is 4.96. The molecule has 23 heavy (non-hydrogen) atoms. The van der Waals surface area contributed by atoms with Crippen molar-refractivity contribution >= 4 is 11.8 Å². The SMILES string of the molecule is C[C@@H]1OC(=O)NN=C1c1ccc(OC[C@@H](C)F)c(C(F)(F)F)c1. The molecule has 1 aliphatic rings. The number of carbonyl (C=O) groups excluding carboxylic acids is 1. The smallest absolute Gasteiger partial charge is 0.428 e. The second kappa shape index (κ2) is 6.43. The lowest BCUT2D eigenvalue weighted by Crippen LogP contribution is -2.37. The summed E-state index contributed by atoms with van der Waals surface area (Å²) in [4.78, 5) is 11.0. The van der Waals surface area contributed by atoms with E-state index in [0.29, 0.717) is 0 Å². The average molecular weight is 334 g/mol. The number of carbonyl (C=O) groups is 1. The summed E-state index contributed by atoms with van der Waals surface area (Å²) in [5.74, 6) is -0.472. The van der Waals surface area contributed by atoms with Crippen LogP contribution in [0.2, 0.25) is 0 Å². The van der Waals surface area contributed by atoms with Gasteiger partial charge in [0.2, 0.25) is 0 Å². The summed E-state index contributed by atoms with van der Waals surface area (Å²) in [5.41, 5.74) is 1.24. The number of cyclic esters (lactones) is 1. The minimum atomic E-state index is -4.69. The summed E-state index contributed by atoms with van der Waals surface area (Å²) in [6.45, 7) is 2.18. The Kier molecular flexibility index (Phi) is 4.76. The van der Waals surface area contributed by atoms with Gasteiger partial charge < -0.3 is 9.47 Å². The van der Waals surface area contributed by atoms with Gasteiger partial charge in [-0.25, -0.2) is 14.6 Å². The van der Waals surface area contributed by atoms with Crippen molar-refractivity contribution in [2.75, 3.05) is 6.61 Å². The zero-order valence-electron chi connectivity index (χ0n) is 12.3. The van der Waals surface area contributed by atoms with Crippen LogP contribution in [0.5, 0.6) is 5.75 Å². The standard InChI is InChI=1S/C14H14F4N2O3/c1-7(15)6-22-11-4-3-9(5-10(11)14(16,17)18)12-8(2)23-13(21)20-19-12/h3-5,7-8H,6H2,1-2H3,(H,20,21)/t7-,8+/m1/s1. The molecular formula is C14H14F4N2O3. The van der Waals surface area contributed by atoms with Crippen molar-refractivity contribution in [3.8, 4) is 5.75 Å². The van der Waals surface area contributed by atoms with E-state index in [0.717, 1.165) is 12.1 Å². The number of halogens is 4. The molecular weight excluding hydrogens is 320 g/mol. The third-order valence-electron chi connectivity index (χ3n) is 2.99. The third kappa shape index (κ3) is 4.11. The molecule has 1 aromatic rings. The van der Waals surface area contributed by atoms with Gasteiger partial charge in [0.15, 0.2) is 0 Å². The molecule has 1 N–H and O–H groups in total. The molecule has 1 heterocycles. The molecule has 1 aromatic carbocycles. The number of amides is 1. The highest BCUT2D eigenvalue weighted by molar-refractivity contribution is 6.06. The van der Waals surface area contributed by atoms with Gasteiger partial charge in [0.25, 0.3) is 0 Å². The summed E-state index contributed by atoms with van der Waals surface area (Å²) in [6.07, 6.45) is -7.67. The Morgan fingerprint density at radius 3 is 2.70 bits per heavy atom. The molecule has 0 saturated carbocycles. The van der Waals surface area contributed by atoms with E-state index < -0.39 is 42.5 Å². The van der Waals surface area contributed by atoms with E-state index in [-0.39, 0.29) is 11.3 Å². The number of alkyl halides is 4. The topological polar surface area (TPSA) is 59.9 Å². The van der Waals surface area contributed by atoms with Crippen LogP contribution in [-0.2, 0) is 10.9 Å². The summed E-state index contributed by atoms with van der Waals surface area (Å²) >= 11 is 0. The maximum Gasteiger partial charge on any atom is 0.428 e. The van der Waals surface area contributed by atoms with Gasteiger partial charge in [-0.1, -0.05) is 0 Å². The maximum absolute atomic E-state index is 13.2. The van der Waals surface area contributed by atoms with Gasteiger partial charge in [-0.2, -0.15) is 18.3 Å². The lowest BCUT2D eigenvalue weighted by atomic mass is 10.0. The normalized spacial score (nSPS) is 19.5. The number of ether oxygens (including phenoxy) is 2. The van der Waals surface area contributed by atoms with Crippen LogP contribution in [0.15, 0.2) is 23.3 Å². The molecule has 0 radical (unpaired) electrons. The molecule has 2 atom stereocenters. The zero-order chi connectivity index (χ0) is 17.2. The fraction of sp³-hybridized carbons (Fsp3) is 0.429. The van der Waals surface area contributed by atoms with E-state index in [1.807, 2.05) is 5.43 Å². The van der Waals surface area contributed by atoms with Gasteiger partial charge in [-0.05, 0) is 32.0 Å². The minimum absolute atomic E-state index is 0.116. The van der Waals surface area contributed by atoms with Crippen LogP contribution in [-0.4, -0.2) is 30.7 Å². The van der Waals surface area contributed by atoms with Gasteiger partial charge in [-0.3, -0.25) is 0 Å². The molecule has 0 fully saturated rings. The summed E-state index contributed by atoms with van der Waals surface area (Å²) in [7, 11) is 0. The molecule has 0 spiro atoms. The van der Waals surface area contributed by atoms with Gasteiger partial charge in [0.1, 0.15) is 30.3 Å². The first-order chi connectivity index (χ1) is 10.7. The predicted molar refractivity (Wildman–Crippen MR) is 73.1 cm³/mol. The van der Waals surface area contributed by atoms with Crippen molar-refractivity contribution in [1.82, 2.24) is 5.43 Å². The van der Waals surface area contributed by atoms with Crippen molar-refractivity contribution in [3.05, 3.63) is 29.3 Å². The molecule has 0 aliphatic carbocycles. The predicted octanol–water partition coefficient (Wildman–Crippen LogP) is 3.27. The number of nitrogens with one attached hydrogen (secondary N) is 1. The molecule has 0 bridgehead atoms. The number of hydrazone groups is 1. The van der Waals surface area contributed by atoms with E-state index in [9.17, 15) is 22.4 Å². The summed E-state index contributed by atoms with van der Waals surface area (Å²) in [5, 5.41) is 3.71. The Bertz CT molecular complexity index is 629. The molecule has 1 amide bonds. The first kappa shape index (κ1) is 17.0. The van der Waals surface area contributed by atoms with Gasteiger partial charge >= 0.3 is 12.3 Å². The van der Waals surface area contributed by atoms with Crippen LogP contribution in [0.25, 0.3) is 0 Å². The van der Waals surface area contributed by atoms with E-state index in [1.54, 1.807) is 0 Å². The van der Waals surface area contributed by atoms with E-state index in [1.165, 1.54) is 19.9 Å². The Hall–Kier alpha value is -2.32. The fourth-order valence-corrected chi connectivity index (χ4v) is 1.98. The summed E-state index contributed by atoms with van der Waals surface area (Å²) in [6, 6.07) is 3.25. The Balaban J connectivity index is 2.38. The number of benzene rings is 1. The second-order valence-electron chi connectivity index (χ2n) is 4.96. The number of hydrogen-bond donors (Lipinski definition) is 1. The first-order valence-electron chi connectivity index (χ1n) is 6.71. The summed E-state index contributed by atoms with van der Waals surface area (Å²) < 4.78 is 62.0. The molecule has 0 aromatic heterocycles. The Labute approximate surface area is 129 Å². The fourth-order valence-electron chi connectivity index (χ4n) is 1.98. The van der Waals surface area contributed by atoms with Crippen molar-refractivity contribution < 1.29 is 31.8 Å². The molecule has 126 valence electrons. The Morgan fingerprint density at radius 1 is 1.43 bits per heavy atom. The van der Waals surface area contributed by atoms with Gasteiger partial charge in [0, 0.05) is 5.56 Å². The van der Waals surface area contributed by atoms with Crippen molar-refractivity contribution in [3.63, 3.8) is 0 Å². The Morgan fingerprint density at radius 2 is 2.13 bits per heavy atom. The van der Waals surface area contributed by atoms with Crippen molar-refractivity contribution in [2.24, 2.45) is 5.10 Å². The van der Waals surface area contributed by atoms with E-state index in [4.69, 9.17) is 9.47 Å². The van der Waals surface area contributed by atoms with Gasteiger partial charge in [-0.15, -0.1) is 0 Å². The molecule has 2 rings (SSSR count). The van der Waals surface area contributed by atoms with Crippen LogP contribution >= 0.6 is 0 Å². The highest BCUT2D eigenvalue weighted by atomic mass is 19.4. The number of nitrogens with zero attached hydrogens (tertiary/aromatic N) is 1. The van der Waals surface area contributed by atoms with Crippen LogP contribution in [0.3, 0.4) is 0 Å². The lowest BCUT2D eigenvalue weighted by molar-refractivity contribution is -0.139. The third-order valence-corrected chi connectivity index (χ3v) is 2.99. The monoisotopic (exact) mass is 334 g/mol. The first-order valence-corrected chi connectivity index (χ1v) is 6.71. The van der Waals surface area contributed by atoms with Crippen molar-refractivity contribution in [1.29, 1.82) is 0 Å². The number of rotatable bonds is 4. The van der Waals surface area contributed by atoms with Crippen molar-refractivity contribution in [2.45, 2.75) is 32.3 Å². The maximum atomic E-state index is 13.2. The van der Waals surface area contributed by atoms with Crippen LogP contribution in [0.4, 0.5) is 22.4 Å². The highest BCUT2D eigenvalue weighted by Gasteiger charge is 2.36. The highest BCUT2D eigenvalue weighted by Crippen LogP contribution is 2.37. The lowest BCUT2D eigenvalue weighted by Gasteiger charge is -2.21. The van der Waals surface area contributed by atoms with E-state index in [2.05, 4.69) is 5.10 Å². The van der Waals surface area contributed by atoms with Crippen LogP contribution in [0, 0.1) is 0 Å².